The van der Waals surface area contributed by atoms with E-state index in [0.717, 1.165) is 0 Å². The summed E-state index contributed by atoms with van der Waals surface area (Å²) in [6.45, 7) is 0. The van der Waals surface area contributed by atoms with E-state index in [1.165, 1.54) is 7.11 Å². The number of carbonyl (C=O) groups is 3. The van der Waals surface area contributed by atoms with Crippen LogP contribution in [0.2, 0.25) is 0 Å². The minimum Gasteiger partial charge on any atom is -0.469 e. The van der Waals surface area contributed by atoms with Crippen molar-refractivity contribution in [1.82, 2.24) is 0 Å². The van der Waals surface area contributed by atoms with Crippen LogP contribution in [-0.4, -0.2) is 25.0 Å². The van der Waals surface area contributed by atoms with Crippen LogP contribution in [0.15, 0.2) is 0 Å². The number of hydrogen-bond acceptors (Lipinski definition) is 5. The van der Waals surface area contributed by atoms with Gasteiger partial charge in [0.15, 0.2) is 0 Å². The number of carbonyl (C=O) groups excluding carboxylic acids is 3. The van der Waals surface area contributed by atoms with Crippen molar-refractivity contribution < 1.29 is 23.9 Å². The molecule has 82 valence electrons. The summed E-state index contributed by atoms with van der Waals surface area (Å²) >= 11 is 0. The summed E-state index contributed by atoms with van der Waals surface area (Å²) in [4.78, 5) is 33.8. The Labute approximate surface area is 86.7 Å². The Balaban J connectivity index is 2.08. The SMILES string of the molecule is COC(=O)[C@H]1CC[C@@H]2C(=O)OC(=O)[C@H]2C1. The van der Waals surface area contributed by atoms with E-state index in [4.69, 9.17) is 0 Å². The van der Waals surface area contributed by atoms with E-state index in [9.17, 15) is 14.4 Å². The van der Waals surface area contributed by atoms with Crippen molar-refractivity contribution in [3.05, 3.63) is 0 Å². The predicted molar refractivity (Wildman–Crippen MR) is 47.4 cm³/mol. The van der Waals surface area contributed by atoms with E-state index in [1.807, 2.05) is 0 Å². The summed E-state index contributed by atoms with van der Waals surface area (Å²) in [5, 5.41) is 0. The highest BCUT2D eigenvalue weighted by Crippen LogP contribution is 2.39. The molecule has 5 heteroatoms. The lowest BCUT2D eigenvalue weighted by Crippen LogP contribution is -2.31. The summed E-state index contributed by atoms with van der Waals surface area (Å²) in [5.41, 5.74) is 0. The fraction of sp³-hybridized carbons (Fsp3) is 0.700. The molecular formula is C10H12O5. The monoisotopic (exact) mass is 212 g/mol. The van der Waals surface area contributed by atoms with Gasteiger partial charge in [0.1, 0.15) is 0 Å². The Morgan fingerprint density at radius 1 is 1.27 bits per heavy atom. The molecule has 0 amide bonds. The molecule has 0 aromatic carbocycles. The van der Waals surface area contributed by atoms with Crippen LogP contribution in [-0.2, 0) is 23.9 Å². The molecule has 0 radical (unpaired) electrons. The lowest BCUT2D eigenvalue weighted by atomic mass is 9.75. The van der Waals surface area contributed by atoms with Gasteiger partial charge in [0.05, 0.1) is 24.9 Å². The van der Waals surface area contributed by atoms with Crippen molar-refractivity contribution in [2.45, 2.75) is 19.3 Å². The second-order valence-electron chi connectivity index (χ2n) is 3.99. The molecule has 1 saturated carbocycles. The van der Waals surface area contributed by atoms with Crippen LogP contribution in [0.1, 0.15) is 19.3 Å². The van der Waals surface area contributed by atoms with Crippen LogP contribution in [0.4, 0.5) is 0 Å². The summed E-state index contributed by atoms with van der Waals surface area (Å²) in [5.74, 6) is -2.27. The van der Waals surface area contributed by atoms with Gasteiger partial charge in [-0.1, -0.05) is 0 Å². The van der Waals surface area contributed by atoms with E-state index in [2.05, 4.69) is 9.47 Å². The molecule has 5 nitrogen and oxygen atoms in total. The zero-order chi connectivity index (χ0) is 11.0. The van der Waals surface area contributed by atoms with Crippen LogP contribution in [0.25, 0.3) is 0 Å². The molecule has 0 unspecified atom stereocenters. The number of hydrogen-bond donors (Lipinski definition) is 0. The van der Waals surface area contributed by atoms with Crippen molar-refractivity contribution in [1.29, 1.82) is 0 Å². The van der Waals surface area contributed by atoms with Crippen LogP contribution in [0, 0.1) is 17.8 Å². The molecule has 1 aliphatic carbocycles. The smallest absolute Gasteiger partial charge is 0.317 e. The Morgan fingerprint density at radius 2 is 1.93 bits per heavy atom. The largest absolute Gasteiger partial charge is 0.469 e. The fourth-order valence-corrected chi connectivity index (χ4v) is 2.34. The number of fused-ring (bicyclic) bond motifs is 1. The molecule has 2 rings (SSSR count). The van der Waals surface area contributed by atoms with Crippen molar-refractivity contribution >= 4 is 17.9 Å². The molecule has 0 spiro atoms. The van der Waals surface area contributed by atoms with E-state index >= 15 is 0 Å². The standard InChI is InChI=1S/C10H12O5/c1-14-8(11)5-2-3-6-7(4-5)10(13)15-9(6)12/h5-7H,2-4H2,1H3/t5-,6-,7-/m0/s1. The Kier molecular flexibility index (Phi) is 2.46. The van der Waals surface area contributed by atoms with Crippen molar-refractivity contribution in [3.63, 3.8) is 0 Å². The summed E-state index contributed by atoms with van der Waals surface area (Å²) < 4.78 is 9.16. The average molecular weight is 212 g/mol. The number of methoxy groups -OCH3 is 1. The number of rotatable bonds is 1. The van der Waals surface area contributed by atoms with Crippen molar-refractivity contribution in [3.8, 4) is 0 Å². The fourth-order valence-electron chi connectivity index (χ4n) is 2.34. The number of cyclic esters (lactones) is 2. The van der Waals surface area contributed by atoms with E-state index in [0.29, 0.717) is 19.3 Å². The highest BCUT2D eigenvalue weighted by atomic mass is 16.6. The van der Waals surface area contributed by atoms with Gasteiger partial charge in [0.2, 0.25) is 0 Å². The van der Waals surface area contributed by atoms with Crippen LogP contribution >= 0.6 is 0 Å². The summed E-state index contributed by atoms with van der Waals surface area (Å²) in [6.07, 6.45) is 1.51. The minimum atomic E-state index is -0.487. The number of ether oxygens (including phenoxy) is 2. The third kappa shape index (κ3) is 1.62. The molecule has 15 heavy (non-hydrogen) atoms. The van der Waals surface area contributed by atoms with Gasteiger partial charge in [0, 0.05) is 0 Å². The summed E-state index contributed by atoms with van der Waals surface area (Å²) in [6, 6.07) is 0. The maximum absolute atomic E-state index is 11.3. The first-order chi connectivity index (χ1) is 7.13. The normalized spacial score (nSPS) is 34.6. The zero-order valence-electron chi connectivity index (χ0n) is 8.39. The average Bonchev–Trinajstić information content (AvgIpc) is 2.53. The maximum atomic E-state index is 11.3. The third-order valence-electron chi connectivity index (χ3n) is 3.19. The molecule has 2 fully saturated rings. The van der Waals surface area contributed by atoms with E-state index < -0.39 is 17.9 Å². The van der Waals surface area contributed by atoms with E-state index in [-0.39, 0.29) is 17.8 Å². The zero-order valence-corrected chi connectivity index (χ0v) is 8.39. The minimum absolute atomic E-state index is 0.269. The Morgan fingerprint density at radius 3 is 2.60 bits per heavy atom. The van der Waals surface area contributed by atoms with Crippen LogP contribution in [0.5, 0.6) is 0 Å². The van der Waals surface area contributed by atoms with Gasteiger partial charge in [-0.25, -0.2) is 0 Å². The third-order valence-corrected chi connectivity index (χ3v) is 3.19. The maximum Gasteiger partial charge on any atom is 0.317 e. The van der Waals surface area contributed by atoms with Crippen molar-refractivity contribution in [2.75, 3.05) is 7.11 Å². The Bertz CT molecular complexity index is 322. The molecule has 0 aromatic rings. The lowest BCUT2D eigenvalue weighted by molar-refractivity contribution is -0.153. The number of esters is 3. The second kappa shape index (κ2) is 3.64. The topological polar surface area (TPSA) is 69.7 Å². The molecular weight excluding hydrogens is 200 g/mol. The van der Waals surface area contributed by atoms with Crippen LogP contribution < -0.4 is 0 Å². The lowest BCUT2D eigenvalue weighted by Gasteiger charge is -2.25. The first-order valence-electron chi connectivity index (χ1n) is 4.97. The first kappa shape index (κ1) is 10.1. The van der Waals surface area contributed by atoms with Gasteiger partial charge < -0.3 is 9.47 Å². The van der Waals surface area contributed by atoms with Crippen LogP contribution in [0.3, 0.4) is 0 Å². The predicted octanol–water partition coefficient (Wildman–Crippen LogP) is 0.275. The van der Waals surface area contributed by atoms with Gasteiger partial charge >= 0.3 is 17.9 Å². The van der Waals surface area contributed by atoms with Gasteiger partial charge in [-0.3, -0.25) is 14.4 Å². The molecule has 1 saturated heterocycles. The molecule has 1 aliphatic heterocycles. The molecule has 0 aromatic heterocycles. The highest BCUT2D eigenvalue weighted by Gasteiger charge is 2.48. The molecule has 0 N–H and O–H groups in total. The van der Waals surface area contributed by atoms with Gasteiger partial charge in [-0.15, -0.1) is 0 Å². The molecule has 1 heterocycles. The molecule has 2 aliphatic rings. The van der Waals surface area contributed by atoms with Crippen molar-refractivity contribution in [2.24, 2.45) is 17.8 Å². The highest BCUT2D eigenvalue weighted by molar-refractivity contribution is 5.97. The summed E-state index contributed by atoms with van der Waals surface area (Å²) in [7, 11) is 1.33. The second-order valence-corrected chi connectivity index (χ2v) is 3.99. The first-order valence-corrected chi connectivity index (χ1v) is 4.97. The Hall–Kier alpha value is -1.39. The quantitative estimate of drug-likeness (QED) is 0.461. The molecule has 0 bridgehead atoms. The molecule has 3 atom stereocenters. The van der Waals surface area contributed by atoms with E-state index in [1.54, 1.807) is 0 Å². The van der Waals surface area contributed by atoms with Gasteiger partial charge in [-0.2, -0.15) is 0 Å². The van der Waals surface area contributed by atoms with Gasteiger partial charge in [-0.05, 0) is 19.3 Å². The van der Waals surface area contributed by atoms with Gasteiger partial charge in [0.25, 0.3) is 0 Å².